The highest BCUT2D eigenvalue weighted by atomic mass is 32.2. The number of sulfonamides is 1. The van der Waals surface area contributed by atoms with Crippen molar-refractivity contribution >= 4 is 21.3 Å². The first-order valence-electron chi connectivity index (χ1n) is 9.82. The number of pyridine rings is 2. The highest BCUT2D eigenvalue weighted by Gasteiger charge is 2.32. The number of nitrogens with zero attached hydrogens (tertiary/aromatic N) is 6. The van der Waals surface area contributed by atoms with Crippen LogP contribution in [0.2, 0.25) is 0 Å². The zero-order chi connectivity index (χ0) is 20.0. The van der Waals surface area contributed by atoms with Crippen LogP contribution in [0.1, 0.15) is 36.8 Å². The summed E-state index contributed by atoms with van der Waals surface area (Å²) >= 11 is 0. The molecule has 4 aromatic rings. The van der Waals surface area contributed by atoms with Crippen molar-refractivity contribution in [2.75, 3.05) is 13.1 Å². The van der Waals surface area contributed by atoms with Crippen molar-refractivity contribution in [3.05, 3.63) is 60.3 Å². The number of aromatic nitrogens is 5. The average molecular weight is 411 g/mol. The van der Waals surface area contributed by atoms with Crippen molar-refractivity contribution in [1.82, 2.24) is 28.3 Å². The van der Waals surface area contributed by atoms with E-state index < -0.39 is 10.0 Å². The maximum absolute atomic E-state index is 13.2. The lowest BCUT2D eigenvalue weighted by molar-refractivity contribution is 0.317. The third kappa shape index (κ3) is 3.01. The fraction of sp³-hybridized carbons (Fsp3) is 0.350. The van der Waals surface area contributed by atoms with Gasteiger partial charge in [-0.25, -0.2) is 22.9 Å². The molecule has 0 bridgehead atoms. The smallest absolute Gasteiger partial charge is 0.260 e. The molecule has 8 nitrogen and oxygen atoms in total. The molecule has 9 heteroatoms. The molecule has 1 aliphatic heterocycles. The fourth-order valence-corrected chi connectivity index (χ4v) is 5.77. The molecule has 5 heterocycles. The maximum atomic E-state index is 13.2. The van der Waals surface area contributed by atoms with Crippen LogP contribution in [0, 0.1) is 0 Å². The van der Waals surface area contributed by atoms with Gasteiger partial charge in [0.05, 0.1) is 6.20 Å². The van der Waals surface area contributed by atoms with Gasteiger partial charge in [0.1, 0.15) is 12.0 Å². The van der Waals surface area contributed by atoms with Gasteiger partial charge in [-0.05, 0) is 54.5 Å². The van der Waals surface area contributed by atoms with E-state index in [1.807, 2.05) is 12.1 Å². The van der Waals surface area contributed by atoms with E-state index in [0.717, 1.165) is 24.9 Å². The molecule has 0 atom stereocenters. The zero-order valence-electron chi connectivity index (χ0n) is 16.1. The van der Waals surface area contributed by atoms with E-state index in [-0.39, 0.29) is 5.03 Å². The topological polar surface area (TPSA) is 84.9 Å². The van der Waals surface area contributed by atoms with Crippen molar-refractivity contribution in [3.63, 3.8) is 0 Å². The third-order valence-electron chi connectivity index (χ3n) is 5.80. The van der Waals surface area contributed by atoms with Gasteiger partial charge in [-0.2, -0.15) is 9.40 Å². The normalized spacial score (nSPS) is 16.7. The Bertz CT molecular complexity index is 1280. The molecule has 1 aliphatic rings. The second-order valence-corrected chi connectivity index (χ2v) is 9.26. The minimum atomic E-state index is -3.59. The molecule has 0 saturated carbocycles. The number of rotatable bonds is 4. The number of fused-ring (bicyclic) bond motifs is 2. The number of aryl methyl sites for hydroxylation is 1. The fourth-order valence-electron chi connectivity index (χ4n) is 4.23. The monoisotopic (exact) mass is 410 g/mol. The molecule has 150 valence electrons. The van der Waals surface area contributed by atoms with Gasteiger partial charge in [0, 0.05) is 25.5 Å². The van der Waals surface area contributed by atoms with Gasteiger partial charge in [0.15, 0.2) is 10.7 Å². The minimum Gasteiger partial charge on any atom is -0.289 e. The Morgan fingerprint density at radius 1 is 1.14 bits per heavy atom. The van der Waals surface area contributed by atoms with Gasteiger partial charge < -0.3 is 0 Å². The van der Waals surface area contributed by atoms with E-state index in [9.17, 15) is 8.42 Å². The second-order valence-electron chi connectivity index (χ2n) is 7.37. The quantitative estimate of drug-likeness (QED) is 0.516. The molecule has 0 amide bonds. The molecule has 0 unspecified atom stereocenters. The highest BCUT2D eigenvalue weighted by Crippen LogP contribution is 2.33. The SMILES string of the molecule is CCc1cc2ncnn2cc1C1CCN(S(=O)(=O)c2cnc3ccccn23)CC1. The molecule has 0 N–H and O–H groups in total. The number of hydrogen-bond acceptors (Lipinski definition) is 5. The summed E-state index contributed by atoms with van der Waals surface area (Å²) in [5.41, 5.74) is 3.99. The summed E-state index contributed by atoms with van der Waals surface area (Å²) in [7, 11) is -3.59. The highest BCUT2D eigenvalue weighted by molar-refractivity contribution is 7.89. The van der Waals surface area contributed by atoms with Crippen LogP contribution in [0.5, 0.6) is 0 Å². The largest absolute Gasteiger partial charge is 0.289 e. The van der Waals surface area contributed by atoms with Crippen LogP contribution in [-0.4, -0.2) is 49.8 Å². The lowest BCUT2D eigenvalue weighted by atomic mass is 9.87. The molecule has 0 aromatic carbocycles. The van der Waals surface area contributed by atoms with Crippen molar-refractivity contribution in [2.24, 2.45) is 0 Å². The van der Waals surface area contributed by atoms with E-state index in [1.54, 1.807) is 31.8 Å². The van der Waals surface area contributed by atoms with E-state index in [2.05, 4.69) is 34.3 Å². The lowest BCUT2D eigenvalue weighted by Gasteiger charge is -2.32. The second kappa shape index (κ2) is 6.93. The molecule has 0 radical (unpaired) electrons. The molecule has 1 fully saturated rings. The summed E-state index contributed by atoms with van der Waals surface area (Å²) < 4.78 is 31.4. The summed E-state index contributed by atoms with van der Waals surface area (Å²) in [5.74, 6) is 0.312. The molecular formula is C20H22N6O2S. The predicted molar refractivity (Wildman–Crippen MR) is 108 cm³/mol. The maximum Gasteiger partial charge on any atom is 0.260 e. The van der Waals surface area contributed by atoms with Gasteiger partial charge in [-0.1, -0.05) is 13.0 Å². The molecular weight excluding hydrogens is 388 g/mol. The Morgan fingerprint density at radius 3 is 2.76 bits per heavy atom. The predicted octanol–water partition coefficient (Wildman–Crippen LogP) is 2.51. The first-order chi connectivity index (χ1) is 14.1. The van der Waals surface area contributed by atoms with Crippen LogP contribution >= 0.6 is 0 Å². The van der Waals surface area contributed by atoms with Gasteiger partial charge >= 0.3 is 0 Å². The third-order valence-corrected chi connectivity index (χ3v) is 7.67. The summed E-state index contributed by atoms with van der Waals surface area (Å²) in [4.78, 5) is 8.50. The van der Waals surface area contributed by atoms with Gasteiger partial charge in [0.25, 0.3) is 10.0 Å². The van der Waals surface area contributed by atoms with Crippen LogP contribution in [0.3, 0.4) is 0 Å². The summed E-state index contributed by atoms with van der Waals surface area (Å²) in [6.45, 7) is 3.12. The molecule has 0 spiro atoms. The van der Waals surface area contributed by atoms with E-state index in [1.165, 1.54) is 17.3 Å². The Labute approximate surface area is 168 Å². The van der Waals surface area contributed by atoms with Crippen LogP contribution in [0.4, 0.5) is 0 Å². The Kier molecular flexibility index (Phi) is 4.36. The van der Waals surface area contributed by atoms with Crippen molar-refractivity contribution in [3.8, 4) is 0 Å². The van der Waals surface area contributed by atoms with Crippen LogP contribution < -0.4 is 0 Å². The molecule has 4 aromatic heterocycles. The molecule has 5 rings (SSSR count). The zero-order valence-corrected chi connectivity index (χ0v) is 17.0. The van der Waals surface area contributed by atoms with Gasteiger partial charge in [-0.15, -0.1) is 0 Å². The Hall–Kier alpha value is -2.78. The summed E-state index contributed by atoms with van der Waals surface area (Å²) in [5, 5.41) is 4.48. The van der Waals surface area contributed by atoms with Crippen LogP contribution in [-0.2, 0) is 16.4 Å². The summed E-state index contributed by atoms with van der Waals surface area (Å²) in [6, 6.07) is 7.55. The molecule has 29 heavy (non-hydrogen) atoms. The van der Waals surface area contributed by atoms with Gasteiger partial charge in [0.2, 0.25) is 0 Å². The Balaban J connectivity index is 1.40. The minimum absolute atomic E-state index is 0.227. The van der Waals surface area contributed by atoms with Crippen molar-refractivity contribution in [1.29, 1.82) is 0 Å². The number of hydrogen-bond donors (Lipinski definition) is 0. The number of imidazole rings is 1. The van der Waals surface area contributed by atoms with Gasteiger partial charge in [-0.3, -0.25) is 4.40 Å². The van der Waals surface area contributed by atoms with E-state index in [4.69, 9.17) is 0 Å². The first kappa shape index (κ1) is 18.3. The van der Waals surface area contributed by atoms with E-state index >= 15 is 0 Å². The number of piperidine rings is 1. The van der Waals surface area contributed by atoms with E-state index in [0.29, 0.717) is 24.7 Å². The van der Waals surface area contributed by atoms with Crippen molar-refractivity contribution in [2.45, 2.75) is 37.1 Å². The lowest BCUT2D eigenvalue weighted by Crippen LogP contribution is -2.38. The average Bonchev–Trinajstić information content (AvgIpc) is 3.39. The summed E-state index contributed by atoms with van der Waals surface area (Å²) in [6.07, 6.45) is 9.28. The standard InChI is InChI=1S/C20H22N6O2S/c1-2-15-11-19-22-14-23-26(19)13-17(15)16-6-9-24(10-7-16)29(27,28)20-12-21-18-5-3-4-8-25(18)20/h3-5,8,11-14,16H,2,6-7,9-10H2,1H3. The van der Waals surface area contributed by atoms with Crippen LogP contribution in [0.15, 0.2) is 54.2 Å². The molecule has 0 aliphatic carbocycles. The van der Waals surface area contributed by atoms with Crippen LogP contribution in [0.25, 0.3) is 11.3 Å². The Morgan fingerprint density at radius 2 is 1.97 bits per heavy atom. The van der Waals surface area contributed by atoms with Crippen molar-refractivity contribution < 1.29 is 8.42 Å². The molecule has 1 saturated heterocycles. The first-order valence-corrected chi connectivity index (χ1v) is 11.3.